The Morgan fingerprint density at radius 2 is 1.72 bits per heavy atom. The number of fused-ring (bicyclic) bond motifs is 2. The van der Waals surface area contributed by atoms with Gasteiger partial charge in [0.15, 0.2) is 0 Å². The number of benzene rings is 3. The lowest BCUT2D eigenvalue weighted by Gasteiger charge is -2.46. The van der Waals surface area contributed by atoms with Crippen molar-refractivity contribution in [2.45, 2.75) is 49.1 Å². The number of nitrogens with one attached hydrogen (secondary N) is 3. The fourth-order valence-corrected chi connectivity index (χ4v) is 11.0. The monoisotopic (exact) mass is 954 g/mol. The minimum absolute atomic E-state index is 0.0455. The minimum Gasteiger partial charge on any atom is -0.476 e. The maximum absolute atomic E-state index is 15.3. The molecule has 16 nitrogen and oxygen atoms in total. The number of halogens is 2. The summed E-state index contributed by atoms with van der Waals surface area (Å²) < 4.78 is 62.5. The van der Waals surface area contributed by atoms with E-state index in [4.69, 9.17) is 30.8 Å². The summed E-state index contributed by atoms with van der Waals surface area (Å²) in [6.07, 6.45) is 5.73. The number of H-pyrrole nitrogens is 1. The van der Waals surface area contributed by atoms with Gasteiger partial charge in [-0.05, 0) is 91.4 Å². The summed E-state index contributed by atoms with van der Waals surface area (Å²) in [5.74, 6) is -0.558. The molecule has 1 aliphatic carbocycles. The number of pyridine rings is 1. The fourth-order valence-electron chi connectivity index (χ4n) is 9.89. The van der Waals surface area contributed by atoms with Gasteiger partial charge in [0.05, 0.1) is 40.9 Å². The zero-order chi connectivity index (χ0) is 46.3. The van der Waals surface area contributed by atoms with Gasteiger partial charge in [-0.1, -0.05) is 29.3 Å². The number of ether oxygens (including phenoxy) is 3. The van der Waals surface area contributed by atoms with Crippen molar-refractivity contribution in [2.24, 2.45) is 5.41 Å². The predicted molar refractivity (Wildman–Crippen MR) is 254 cm³/mol. The molecule has 352 valence electrons. The number of hydrogen-bond acceptors (Lipinski definition) is 13. The van der Waals surface area contributed by atoms with Crippen LogP contribution >= 0.6 is 11.6 Å². The molecule has 3 saturated heterocycles. The lowest BCUT2D eigenvalue weighted by Crippen LogP contribution is -2.48. The van der Waals surface area contributed by atoms with Crippen molar-refractivity contribution in [1.82, 2.24) is 19.6 Å². The average Bonchev–Trinajstić information content (AvgIpc) is 3.68. The first kappa shape index (κ1) is 45.0. The summed E-state index contributed by atoms with van der Waals surface area (Å²) in [5, 5.41) is 16.5. The number of amides is 1. The number of aromatic amines is 1. The van der Waals surface area contributed by atoms with E-state index in [0.29, 0.717) is 47.5 Å². The van der Waals surface area contributed by atoms with Gasteiger partial charge >= 0.3 is 0 Å². The summed E-state index contributed by atoms with van der Waals surface area (Å²) >= 11 is 6.28. The van der Waals surface area contributed by atoms with Crippen molar-refractivity contribution in [3.63, 3.8) is 0 Å². The Balaban J connectivity index is 0.917. The smallest absolute Gasteiger partial charge is 0.293 e. The molecule has 5 aromatic rings. The van der Waals surface area contributed by atoms with Crippen LogP contribution in [0, 0.1) is 15.5 Å². The molecule has 3 fully saturated rings. The highest BCUT2D eigenvalue weighted by Crippen LogP contribution is 2.48. The summed E-state index contributed by atoms with van der Waals surface area (Å²) in [5.41, 5.74) is 4.65. The molecular formula is C48H52ClFN8O8S. The van der Waals surface area contributed by atoms with Gasteiger partial charge in [-0.25, -0.2) is 17.5 Å². The second kappa shape index (κ2) is 18.4. The number of nitro groups is 1. The van der Waals surface area contributed by atoms with E-state index in [1.54, 1.807) is 12.3 Å². The molecule has 1 spiro atoms. The quantitative estimate of drug-likeness (QED) is 0.0812. The van der Waals surface area contributed by atoms with Crippen molar-refractivity contribution in [3.05, 3.63) is 111 Å². The third kappa shape index (κ3) is 9.41. The Kier molecular flexibility index (Phi) is 12.3. The molecule has 19 heteroatoms. The number of hydrogen-bond donors (Lipinski definition) is 3. The first-order valence-corrected chi connectivity index (χ1v) is 24.6. The third-order valence-electron chi connectivity index (χ3n) is 13.8. The molecule has 10 rings (SSSR count). The van der Waals surface area contributed by atoms with Crippen LogP contribution in [0.15, 0.2) is 89.5 Å². The molecule has 0 atom stereocenters. The molecule has 0 radical (unpaired) electrons. The van der Waals surface area contributed by atoms with E-state index >= 15 is 4.39 Å². The summed E-state index contributed by atoms with van der Waals surface area (Å²) in [4.78, 5) is 39.9. The van der Waals surface area contributed by atoms with Crippen molar-refractivity contribution >= 4 is 72.6 Å². The van der Waals surface area contributed by atoms with Crippen LogP contribution < -0.4 is 24.6 Å². The highest BCUT2D eigenvalue weighted by atomic mass is 35.5. The van der Waals surface area contributed by atoms with Gasteiger partial charge < -0.3 is 34.3 Å². The van der Waals surface area contributed by atoms with E-state index in [1.165, 1.54) is 22.8 Å². The lowest BCUT2D eigenvalue weighted by atomic mass is 9.69. The van der Waals surface area contributed by atoms with Gasteiger partial charge in [-0.2, -0.15) is 4.98 Å². The number of nitro benzene ring substituents is 1. The molecule has 67 heavy (non-hydrogen) atoms. The van der Waals surface area contributed by atoms with Crippen molar-refractivity contribution in [1.29, 1.82) is 0 Å². The number of sulfonamides is 1. The van der Waals surface area contributed by atoms with Crippen LogP contribution in [0.4, 0.5) is 32.8 Å². The van der Waals surface area contributed by atoms with Crippen molar-refractivity contribution < 1.29 is 36.7 Å². The second-order valence-corrected chi connectivity index (χ2v) is 20.4. The number of allylic oxidation sites excluding steroid dienone is 1. The topological polar surface area (TPSA) is 185 Å². The number of rotatable bonds is 12. The highest BCUT2D eigenvalue weighted by molar-refractivity contribution is 7.90. The van der Waals surface area contributed by atoms with E-state index in [2.05, 4.69) is 37.0 Å². The predicted octanol–water partition coefficient (Wildman–Crippen LogP) is 7.87. The Bertz CT molecular complexity index is 2840. The molecule has 2 aromatic heterocycles. The van der Waals surface area contributed by atoms with Gasteiger partial charge in [-0.3, -0.25) is 19.8 Å². The number of aromatic nitrogens is 2. The molecule has 3 aromatic carbocycles. The highest BCUT2D eigenvalue weighted by Gasteiger charge is 2.42. The van der Waals surface area contributed by atoms with Crippen LogP contribution in [0.25, 0.3) is 16.6 Å². The maximum atomic E-state index is 15.3. The van der Waals surface area contributed by atoms with Gasteiger partial charge in [0, 0.05) is 106 Å². The molecule has 0 saturated carbocycles. The standard InChI is InChI=1S/C48H52ClFN8O8S/c49-35-4-2-32(3-5-35)39-27-47(30-65-31-47)12-10-34(39)28-55-17-19-56(20-18-55)36-6-8-38(41(25-36)57-16-1-21-66-46-43(57)24-33-11-15-51-44(33)53-46)45(59)54-67(62,63)37-7-9-40(42(26-37)58(60)61)52-29-48(50)13-22-64-23-14-48/h2-9,11,15,24-26,52H,1,10,12-14,16-23,27-31H2,(H,51,53)(H,54,59). The number of nitrogens with zero attached hydrogens (tertiary/aromatic N) is 5. The van der Waals surface area contributed by atoms with E-state index < -0.39 is 37.1 Å². The molecule has 4 aliphatic heterocycles. The number of carbonyl (C=O) groups is 1. The first-order chi connectivity index (χ1) is 32.3. The fraction of sp³-hybridized carbons (Fsp3) is 0.417. The number of piperazine rings is 1. The average molecular weight is 956 g/mol. The normalized spacial score (nSPS) is 19.6. The second-order valence-electron chi connectivity index (χ2n) is 18.3. The van der Waals surface area contributed by atoms with E-state index in [-0.39, 0.29) is 49.3 Å². The Labute approximate surface area is 392 Å². The van der Waals surface area contributed by atoms with Crippen LogP contribution in [-0.2, 0) is 19.5 Å². The zero-order valence-corrected chi connectivity index (χ0v) is 38.5. The third-order valence-corrected chi connectivity index (χ3v) is 15.4. The van der Waals surface area contributed by atoms with Gasteiger partial charge in [-0.15, -0.1) is 0 Å². The molecule has 3 N–H and O–H groups in total. The Hall–Kier alpha value is -5.79. The lowest BCUT2D eigenvalue weighted by molar-refractivity contribution is -0.384. The van der Waals surface area contributed by atoms with E-state index in [9.17, 15) is 23.3 Å². The first-order valence-electron chi connectivity index (χ1n) is 22.7. The molecule has 1 amide bonds. The van der Waals surface area contributed by atoms with Crippen LogP contribution in [0.5, 0.6) is 5.88 Å². The summed E-state index contributed by atoms with van der Waals surface area (Å²) in [6, 6.07) is 20.6. The van der Waals surface area contributed by atoms with Crippen LogP contribution in [-0.4, -0.2) is 119 Å². The Morgan fingerprint density at radius 1 is 0.925 bits per heavy atom. The largest absolute Gasteiger partial charge is 0.476 e. The van der Waals surface area contributed by atoms with Gasteiger partial charge in [0.2, 0.25) is 5.88 Å². The van der Waals surface area contributed by atoms with Crippen LogP contribution in [0.3, 0.4) is 0 Å². The zero-order valence-electron chi connectivity index (χ0n) is 36.9. The van der Waals surface area contributed by atoms with E-state index in [0.717, 1.165) is 88.4 Å². The van der Waals surface area contributed by atoms with Crippen LogP contribution in [0.2, 0.25) is 5.02 Å². The number of alkyl halides is 1. The Morgan fingerprint density at radius 3 is 2.46 bits per heavy atom. The molecular weight excluding hydrogens is 903 g/mol. The maximum Gasteiger partial charge on any atom is 0.293 e. The molecule has 5 aliphatic rings. The van der Waals surface area contributed by atoms with Gasteiger partial charge in [0.1, 0.15) is 22.7 Å². The number of carbonyl (C=O) groups excluding carboxylic acids is 1. The van der Waals surface area contributed by atoms with Gasteiger partial charge in [0.25, 0.3) is 21.6 Å². The minimum atomic E-state index is -4.66. The summed E-state index contributed by atoms with van der Waals surface area (Å²) in [6.45, 7) is 6.56. The van der Waals surface area contributed by atoms with E-state index in [1.807, 2.05) is 41.3 Å². The summed E-state index contributed by atoms with van der Waals surface area (Å²) in [7, 11) is -4.66. The van der Waals surface area contributed by atoms with Crippen molar-refractivity contribution in [2.75, 3.05) is 94.0 Å². The van der Waals surface area contributed by atoms with Crippen LogP contribution in [0.1, 0.15) is 54.4 Å². The number of anilines is 4. The SMILES string of the molecule is O=C(NS(=O)(=O)c1ccc(NCC2(F)CCOCC2)c([N+](=O)[O-])c1)c1ccc(N2CCN(CC3=C(c4ccc(Cl)cc4)CC4(CC3)COC4)CC2)cc1N1CCCOc2nc3[nH]ccc3cc21. The molecule has 0 unspecified atom stereocenters. The van der Waals surface area contributed by atoms with Crippen molar-refractivity contribution in [3.8, 4) is 5.88 Å². The molecule has 6 heterocycles. The molecule has 0 bridgehead atoms.